The van der Waals surface area contributed by atoms with E-state index in [9.17, 15) is 9.90 Å². The lowest BCUT2D eigenvalue weighted by atomic mass is 9.64. The molecular weight excluding hydrogens is 272 g/mol. The fourth-order valence-corrected chi connectivity index (χ4v) is 6.52. The van der Waals surface area contributed by atoms with Crippen LogP contribution in [0.15, 0.2) is 0 Å². The van der Waals surface area contributed by atoms with Crippen molar-refractivity contribution in [3.05, 3.63) is 0 Å². The fourth-order valence-electron chi connectivity index (χ4n) is 6.52. The molecule has 22 heavy (non-hydrogen) atoms. The van der Waals surface area contributed by atoms with Crippen LogP contribution in [0.3, 0.4) is 0 Å². The van der Waals surface area contributed by atoms with Crippen LogP contribution in [-0.4, -0.2) is 11.1 Å². The number of rotatable bonds is 3. The summed E-state index contributed by atoms with van der Waals surface area (Å²) in [7, 11) is 0. The van der Waals surface area contributed by atoms with Gasteiger partial charge in [-0.25, -0.2) is 0 Å². The minimum Gasteiger partial charge on any atom is -0.481 e. The molecular formula is C20H34O2. The topological polar surface area (TPSA) is 37.3 Å². The highest BCUT2D eigenvalue weighted by Gasteiger charge is 2.64. The van der Waals surface area contributed by atoms with Crippen LogP contribution in [0.25, 0.3) is 0 Å². The number of carboxylic acid groups (broad SMARTS) is 1. The lowest BCUT2D eigenvalue weighted by molar-refractivity contribution is -0.145. The zero-order chi connectivity index (χ0) is 16.4. The number of fused-ring (bicyclic) bond motifs is 5. The van der Waals surface area contributed by atoms with Gasteiger partial charge in [0, 0.05) is 0 Å². The molecule has 0 saturated heterocycles. The van der Waals surface area contributed by atoms with Crippen LogP contribution < -0.4 is 0 Å². The van der Waals surface area contributed by atoms with Gasteiger partial charge in [0.2, 0.25) is 0 Å². The van der Waals surface area contributed by atoms with Crippen molar-refractivity contribution in [2.24, 2.45) is 52.3 Å². The van der Waals surface area contributed by atoms with Gasteiger partial charge in [-0.05, 0) is 65.6 Å². The lowest BCUT2D eigenvalue weighted by Crippen LogP contribution is -2.38. The molecule has 0 aromatic carbocycles. The Morgan fingerprint density at radius 2 is 1.64 bits per heavy atom. The maximum atomic E-state index is 11.7. The highest BCUT2D eigenvalue weighted by molar-refractivity contribution is 5.71. The first-order valence-corrected chi connectivity index (χ1v) is 9.30. The van der Waals surface area contributed by atoms with E-state index in [-0.39, 0.29) is 5.92 Å². The molecule has 0 aromatic heterocycles. The quantitative estimate of drug-likeness (QED) is 0.789. The molecule has 0 amide bonds. The molecule has 0 radical (unpaired) electrons. The third-order valence-electron chi connectivity index (χ3n) is 7.91. The second kappa shape index (κ2) is 4.98. The smallest absolute Gasteiger partial charge is 0.306 e. The first kappa shape index (κ1) is 16.3. The monoisotopic (exact) mass is 306 g/mol. The van der Waals surface area contributed by atoms with Crippen LogP contribution >= 0.6 is 0 Å². The molecule has 2 heteroatoms. The van der Waals surface area contributed by atoms with E-state index in [1.54, 1.807) is 0 Å². The average molecular weight is 306 g/mol. The maximum Gasteiger partial charge on any atom is 0.306 e. The predicted molar refractivity (Wildman–Crippen MR) is 89.4 cm³/mol. The van der Waals surface area contributed by atoms with E-state index in [1.165, 1.54) is 19.3 Å². The second-order valence-electron chi connectivity index (χ2n) is 10.2. The van der Waals surface area contributed by atoms with Gasteiger partial charge < -0.3 is 5.11 Å². The van der Waals surface area contributed by atoms with E-state index in [4.69, 9.17) is 0 Å². The van der Waals surface area contributed by atoms with Crippen LogP contribution in [0.4, 0.5) is 0 Å². The Morgan fingerprint density at radius 3 is 2.14 bits per heavy atom. The largest absolute Gasteiger partial charge is 0.481 e. The van der Waals surface area contributed by atoms with Crippen LogP contribution in [0.1, 0.15) is 67.2 Å². The van der Waals surface area contributed by atoms with Crippen molar-refractivity contribution in [3.63, 3.8) is 0 Å². The van der Waals surface area contributed by atoms with Crippen LogP contribution in [0.5, 0.6) is 0 Å². The fraction of sp³-hybridized carbons (Fsp3) is 0.950. The summed E-state index contributed by atoms with van der Waals surface area (Å²) < 4.78 is 0. The lowest BCUT2D eigenvalue weighted by Gasteiger charge is -2.41. The highest BCUT2D eigenvalue weighted by Crippen LogP contribution is 2.69. The first-order chi connectivity index (χ1) is 10.1. The third kappa shape index (κ3) is 2.24. The Morgan fingerprint density at radius 1 is 1.00 bits per heavy atom. The standard InChI is InChI=1S/C20H34O2/c1-7-20(5,6)15-10-14(19(2,3)4)16-11-8-12(17(15)16)13(9-11)18(21)22/h11-17H,7-10H2,1-6H3,(H,21,22). The molecule has 0 aliphatic heterocycles. The molecule has 3 fully saturated rings. The van der Waals surface area contributed by atoms with E-state index >= 15 is 0 Å². The van der Waals surface area contributed by atoms with Gasteiger partial charge in [-0.1, -0.05) is 48.0 Å². The van der Waals surface area contributed by atoms with Crippen LogP contribution in [0, 0.1) is 52.3 Å². The number of carboxylic acids is 1. The minimum atomic E-state index is -0.529. The van der Waals surface area contributed by atoms with Crippen molar-refractivity contribution in [2.75, 3.05) is 0 Å². The molecule has 3 rings (SSSR count). The molecule has 3 aliphatic carbocycles. The molecule has 2 nitrogen and oxygen atoms in total. The number of aliphatic carboxylic acids is 1. The van der Waals surface area contributed by atoms with E-state index in [2.05, 4.69) is 41.5 Å². The Hall–Kier alpha value is -0.530. The SMILES string of the molecule is CCC(C)(C)C1CC(C(C)(C)C)C2C3CC(C(=O)O)C(C3)C21. The summed E-state index contributed by atoms with van der Waals surface area (Å²) in [5, 5.41) is 9.63. The normalized spacial score (nSPS) is 44.4. The van der Waals surface area contributed by atoms with Gasteiger partial charge in [0.05, 0.1) is 5.92 Å². The molecule has 7 atom stereocenters. The molecule has 126 valence electrons. The van der Waals surface area contributed by atoms with Crippen molar-refractivity contribution in [2.45, 2.75) is 67.2 Å². The second-order valence-corrected chi connectivity index (χ2v) is 10.2. The first-order valence-electron chi connectivity index (χ1n) is 9.30. The molecule has 3 aliphatic rings. The number of hydrogen-bond acceptors (Lipinski definition) is 1. The van der Waals surface area contributed by atoms with Gasteiger partial charge >= 0.3 is 5.97 Å². The van der Waals surface area contributed by atoms with Crippen LogP contribution in [-0.2, 0) is 4.79 Å². The Labute approximate surface area is 136 Å². The van der Waals surface area contributed by atoms with Gasteiger partial charge in [0.25, 0.3) is 0 Å². The van der Waals surface area contributed by atoms with Crippen molar-refractivity contribution in [1.82, 2.24) is 0 Å². The third-order valence-corrected chi connectivity index (χ3v) is 7.91. The van der Waals surface area contributed by atoms with Gasteiger partial charge in [-0.2, -0.15) is 0 Å². The van der Waals surface area contributed by atoms with Gasteiger partial charge in [-0.3, -0.25) is 4.79 Å². The molecule has 0 spiro atoms. The minimum absolute atomic E-state index is 0.0554. The summed E-state index contributed by atoms with van der Waals surface area (Å²) in [4.78, 5) is 11.7. The Kier molecular flexibility index (Phi) is 3.70. The predicted octanol–water partition coefficient (Wildman–Crippen LogP) is 5.08. The van der Waals surface area contributed by atoms with Gasteiger partial charge in [-0.15, -0.1) is 0 Å². The summed E-state index contributed by atoms with van der Waals surface area (Å²) >= 11 is 0. The molecule has 2 bridgehead atoms. The molecule has 0 heterocycles. The van der Waals surface area contributed by atoms with Gasteiger partial charge in [0.1, 0.15) is 0 Å². The number of hydrogen-bond donors (Lipinski definition) is 1. The zero-order valence-electron chi connectivity index (χ0n) is 15.2. The molecule has 1 N–H and O–H groups in total. The zero-order valence-corrected chi connectivity index (χ0v) is 15.2. The summed E-state index contributed by atoms with van der Waals surface area (Å²) in [5.74, 6) is 3.49. The summed E-state index contributed by atoms with van der Waals surface area (Å²) in [6, 6.07) is 0. The highest BCUT2D eigenvalue weighted by atomic mass is 16.4. The number of carbonyl (C=O) groups is 1. The summed E-state index contributed by atoms with van der Waals surface area (Å²) in [5.41, 5.74) is 0.696. The van der Waals surface area contributed by atoms with Crippen molar-refractivity contribution >= 4 is 5.97 Å². The maximum absolute atomic E-state index is 11.7. The van der Waals surface area contributed by atoms with E-state index < -0.39 is 5.97 Å². The van der Waals surface area contributed by atoms with E-state index in [1.807, 2.05) is 0 Å². The Bertz CT molecular complexity index is 459. The molecule has 3 saturated carbocycles. The van der Waals surface area contributed by atoms with E-state index in [0.29, 0.717) is 34.5 Å². The molecule has 0 aromatic rings. The summed E-state index contributed by atoms with van der Waals surface area (Å²) in [6.45, 7) is 14.3. The summed E-state index contributed by atoms with van der Waals surface area (Å²) in [6.07, 6.45) is 4.66. The van der Waals surface area contributed by atoms with Crippen LogP contribution in [0.2, 0.25) is 0 Å². The van der Waals surface area contributed by atoms with E-state index in [0.717, 1.165) is 18.3 Å². The van der Waals surface area contributed by atoms with Crippen molar-refractivity contribution in [1.29, 1.82) is 0 Å². The van der Waals surface area contributed by atoms with Crippen molar-refractivity contribution < 1.29 is 9.90 Å². The van der Waals surface area contributed by atoms with Crippen molar-refractivity contribution in [3.8, 4) is 0 Å². The van der Waals surface area contributed by atoms with Gasteiger partial charge in [0.15, 0.2) is 0 Å². The Balaban J connectivity index is 1.96. The average Bonchev–Trinajstić information content (AvgIpc) is 3.06. The molecule has 7 unspecified atom stereocenters.